The number of aromatic nitrogens is 2. The Balaban J connectivity index is 1.75. The number of amides is 1. The van der Waals surface area contributed by atoms with Crippen LogP contribution in [0.5, 0.6) is 0 Å². The lowest BCUT2D eigenvalue weighted by Crippen LogP contribution is -2.40. The van der Waals surface area contributed by atoms with Gasteiger partial charge in [-0.05, 0) is 33.2 Å². The first-order valence-electron chi connectivity index (χ1n) is 6.95. The standard InChI is InChI=1S/C14H20N4O/c1-10-7-16-13(8-15-10)14(19)18-6-5-11-3-4-12(9-18)17(11)2/h7-8,11-12H,3-6,9H2,1-2H3/t11-,12+/m1/s1. The fraction of sp³-hybridized carbons (Fsp3) is 0.643. The minimum atomic E-state index is 0.0217. The van der Waals surface area contributed by atoms with E-state index in [9.17, 15) is 4.79 Å². The summed E-state index contributed by atoms with van der Waals surface area (Å²) < 4.78 is 0. The number of carbonyl (C=O) groups excluding carboxylic acids is 1. The molecule has 1 amide bonds. The number of nitrogens with zero attached hydrogens (tertiary/aromatic N) is 4. The van der Waals surface area contributed by atoms with E-state index in [-0.39, 0.29) is 5.91 Å². The van der Waals surface area contributed by atoms with Gasteiger partial charge in [-0.1, -0.05) is 0 Å². The van der Waals surface area contributed by atoms with Crippen molar-refractivity contribution in [2.45, 2.75) is 38.3 Å². The van der Waals surface area contributed by atoms with Gasteiger partial charge in [0.15, 0.2) is 0 Å². The first kappa shape index (κ1) is 12.5. The second kappa shape index (κ2) is 4.89. The maximum absolute atomic E-state index is 12.5. The molecule has 1 aromatic rings. The molecular weight excluding hydrogens is 240 g/mol. The predicted molar refractivity (Wildman–Crippen MR) is 71.9 cm³/mol. The third-order valence-electron chi connectivity index (χ3n) is 4.44. The molecule has 2 atom stereocenters. The summed E-state index contributed by atoms with van der Waals surface area (Å²) in [7, 11) is 2.18. The normalized spacial score (nSPS) is 27.4. The van der Waals surface area contributed by atoms with E-state index in [0.717, 1.165) is 25.2 Å². The molecule has 2 bridgehead atoms. The van der Waals surface area contributed by atoms with Crippen molar-refractivity contribution in [3.8, 4) is 0 Å². The fourth-order valence-corrected chi connectivity index (χ4v) is 3.16. The van der Waals surface area contributed by atoms with E-state index in [1.54, 1.807) is 12.4 Å². The lowest BCUT2D eigenvalue weighted by Gasteiger charge is -2.25. The molecule has 2 saturated heterocycles. The molecule has 102 valence electrons. The third-order valence-corrected chi connectivity index (χ3v) is 4.44. The zero-order chi connectivity index (χ0) is 13.4. The van der Waals surface area contributed by atoms with Gasteiger partial charge in [0.2, 0.25) is 0 Å². The molecule has 2 fully saturated rings. The Hall–Kier alpha value is -1.49. The maximum Gasteiger partial charge on any atom is 0.274 e. The van der Waals surface area contributed by atoms with Crippen molar-refractivity contribution < 1.29 is 4.79 Å². The maximum atomic E-state index is 12.5. The summed E-state index contributed by atoms with van der Waals surface area (Å²) in [5.41, 5.74) is 1.30. The van der Waals surface area contributed by atoms with Crippen LogP contribution in [0.25, 0.3) is 0 Å². The van der Waals surface area contributed by atoms with Gasteiger partial charge in [-0.3, -0.25) is 14.7 Å². The van der Waals surface area contributed by atoms with Crippen molar-refractivity contribution in [1.82, 2.24) is 19.8 Å². The molecule has 0 N–H and O–H groups in total. The molecule has 0 aliphatic carbocycles. The molecule has 0 radical (unpaired) electrons. The Labute approximate surface area is 113 Å². The lowest BCUT2D eigenvalue weighted by molar-refractivity contribution is 0.0734. The van der Waals surface area contributed by atoms with Crippen LogP contribution < -0.4 is 0 Å². The molecular formula is C14H20N4O. The fourth-order valence-electron chi connectivity index (χ4n) is 3.16. The lowest BCUT2D eigenvalue weighted by atomic mass is 10.1. The number of aryl methyl sites for hydroxylation is 1. The topological polar surface area (TPSA) is 49.3 Å². The van der Waals surface area contributed by atoms with Crippen molar-refractivity contribution in [3.63, 3.8) is 0 Å². The Morgan fingerprint density at radius 1 is 1.21 bits per heavy atom. The summed E-state index contributed by atoms with van der Waals surface area (Å²) in [5.74, 6) is 0.0217. The van der Waals surface area contributed by atoms with Crippen molar-refractivity contribution in [2.75, 3.05) is 20.1 Å². The van der Waals surface area contributed by atoms with E-state index >= 15 is 0 Å². The van der Waals surface area contributed by atoms with Crippen molar-refractivity contribution in [3.05, 3.63) is 23.8 Å². The molecule has 1 aromatic heterocycles. The first-order chi connectivity index (χ1) is 9.15. The molecule has 3 heterocycles. The smallest absolute Gasteiger partial charge is 0.274 e. The Morgan fingerprint density at radius 2 is 2.00 bits per heavy atom. The molecule has 2 aliphatic rings. The highest BCUT2D eigenvalue weighted by Gasteiger charge is 2.36. The largest absolute Gasteiger partial charge is 0.336 e. The van der Waals surface area contributed by atoms with Gasteiger partial charge in [0.1, 0.15) is 5.69 Å². The van der Waals surface area contributed by atoms with Gasteiger partial charge < -0.3 is 4.90 Å². The molecule has 0 saturated carbocycles. The van der Waals surface area contributed by atoms with Gasteiger partial charge in [0, 0.05) is 31.4 Å². The van der Waals surface area contributed by atoms with Crippen LogP contribution in [-0.4, -0.2) is 57.9 Å². The van der Waals surface area contributed by atoms with E-state index in [4.69, 9.17) is 0 Å². The first-order valence-corrected chi connectivity index (χ1v) is 6.95. The monoisotopic (exact) mass is 260 g/mol. The van der Waals surface area contributed by atoms with Crippen LogP contribution in [0.15, 0.2) is 12.4 Å². The highest BCUT2D eigenvalue weighted by atomic mass is 16.2. The van der Waals surface area contributed by atoms with Gasteiger partial charge in [-0.25, -0.2) is 4.98 Å². The zero-order valence-corrected chi connectivity index (χ0v) is 11.5. The molecule has 2 aliphatic heterocycles. The average molecular weight is 260 g/mol. The van der Waals surface area contributed by atoms with Gasteiger partial charge in [0.25, 0.3) is 5.91 Å². The Morgan fingerprint density at radius 3 is 2.74 bits per heavy atom. The van der Waals surface area contributed by atoms with Crippen LogP contribution in [0, 0.1) is 6.92 Å². The predicted octanol–water partition coefficient (Wildman–Crippen LogP) is 1.09. The summed E-state index contributed by atoms with van der Waals surface area (Å²) >= 11 is 0. The molecule has 3 rings (SSSR count). The molecule has 5 heteroatoms. The number of hydrogen-bond donors (Lipinski definition) is 0. The summed E-state index contributed by atoms with van der Waals surface area (Å²) in [6.07, 6.45) is 6.78. The SMILES string of the molecule is Cc1cnc(C(=O)N2CC[C@H]3CC[C@@H](C2)N3C)cn1. The number of likely N-dealkylation sites (tertiary alicyclic amines) is 1. The van der Waals surface area contributed by atoms with E-state index in [1.807, 2.05) is 11.8 Å². The van der Waals surface area contributed by atoms with E-state index in [1.165, 1.54) is 12.8 Å². The summed E-state index contributed by atoms with van der Waals surface area (Å²) in [6.45, 7) is 3.53. The molecule has 0 aromatic carbocycles. The molecule has 0 spiro atoms. The second-order valence-electron chi connectivity index (χ2n) is 5.63. The van der Waals surface area contributed by atoms with Gasteiger partial charge >= 0.3 is 0 Å². The molecule has 0 unspecified atom stereocenters. The minimum Gasteiger partial charge on any atom is -0.336 e. The van der Waals surface area contributed by atoms with E-state index in [2.05, 4.69) is 21.9 Å². The van der Waals surface area contributed by atoms with Crippen LogP contribution in [-0.2, 0) is 0 Å². The van der Waals surface area contributed by atoms with E-state index in [0.29, 0.717) is 17.8 Å². The highest BCUT2D eigenvalue weighted by molar-refractivity contribution is 5.92. The Kier molecular flexibility index (Phi) is 3.22. The summed E-state index contributed by atoms with van der Waals surface area (Å²) in [6, 6.07) is 1.15. The van der Waals surface area contributed by atoms with Gasteiger partial charge in [-0.2, -0.15) is 0 Å². The molecule has 5 nitrogen and oxygen atoms in total. The van der Waals surface area contributed by atoms with Crippen LogP contribution in [0.1, 0.15) is 35.4 Å². The average Bonchev–Trinajstić information content (AvgIpc) is 2.63. The Bertz CT molecular complexity index is 473. The van der Waals surface area contributed by atoms with Gasteiger partial charge in [-0.15, -0.1) is 0 Å². The van der Waals surface area contributed by atoms with Crippen LogP contribution >= 0.6 is 0 Å². The zero-order valence-electron chi connectivity index (χ0n) is 11.5. The highest BCUT2D eigenvalue weighted by Crippen LogP contribution is 2.28. The van der Waals surface area contributed by atoms with Crippen LogP contribution in [0.2, 0.25) is 0 Å². The van der Waals surface area contributed by atoms with Crippen molar-refractivity contribution in [1.29, 1.82) is 0 Å². The van der Waals surface area contributed by atoms with Crippen LogP contribution in [0.3, 0.4) is 0 Å². The number of likely N-dealkylation sites (N-methyl/N-ethyl adjacent to an activating group) is 1. The second-order valence-corrected chi connectivity index (χ2v) is 5.63. The number of fused-ring (bicyclic) bond motifs is 2. The van der Waals surface area contributed by atoms with Crippen LogP contribution in [0.4, 0.5) is 0 Å². The summed E-state index contributed by atoms with van der Waals surface area (Å²) in [4.78, 5) is 25.2. The molecule has 19 heavy (non-hydrogen) atoms. The van der Waals surface area contributed by atoms with Crippen molar-refractivity contribution >= 4 is 5.91 Å². The van der Waals surface area contributed by atoms with Gasteiger partial charge in [0.05, 0.1) is 11.9 Å². The number of rotatable bonds is 1. The summed E-state index contributed by atoms with van der Waals surface area (Å²) in [5, 5.41) is 0. The van der Waals surface area contributed by atoms with Crippen molar-refractivity contribution in [2.24, 2.45) is 0 Å². The quantitative estimate of drug-likeness (QED) is 0.758. The third kappa shape index (κ3) is 2.34. The minimum absolute atomic E-state index is 0.0217. The number of hydrogen-bond acceptors (Lipinski definition) is 4. The van der Waals surface area contributed by atoms with E-state index < -0.39 is 0 Å². The number of carbonyl (C=O) groups is 1.